The lowest BCUT2D eigenvalue weighted by molar-refractivity contribution is 0.623. The third kappa shape index (κ3) is 6.49. The zero-order valence-corrected chi connectivity index (χ0v) is 32.7. The quantitative estimate of drug-likeness (QED) is 0.154. The van der Waals surface area contributed by atoms with E-state index in [4.69, 9.17) is 9.40 Å². The van der Waals surface area contributed by atoms with Crippen LogP contribution in [-0.2, 0) is 0 Å². The largest absolute Gasteiger partial charge is 0.435 e. The average Bonchev–Trinajstić information content (AvgIpc) is 3.78. The van der Waals surface area contributed by atoms with E-state index in [2.05, 4.69) is 235 Å². The van der Waals surface area contributed by atoms with Gasteiger partial charge in [0.2, 0.25) is 5.89 Å². The van der Waals surface area contributed by atoms with Gasteiger partial charge in [-0.2, -0.15) is 0 Å². The first-order chi connectivity index (χ1) is 29.7. The summed E-state index contributed by atoms with van der Waals surface area (Å²) >= 11 is 0. The number of hydrogen-bond acceptors (Lipinski definition) is 3. The molecule has 0 spiro atoms. The minimum absolute atomic E-state index is 0.619. The molecule has 0 amide bonds. The molecule has 0 saturated carbocycles. The predicted octanol–water partition coefficient (Wildman–Crippen LogP) is 15.9. The van der Waals surface area contributed by atoms with Crippen molar-refractivity contribution >= 4 is 49.7 Å². The van der Waals surface area contributed by atoms with Gasteiger partial charge in [-0.05, 0) is 121 Å². The molecule has 1 heterocycles. The van der Waals surface area contributed by atoms with Gasteiger partial charge in [-0.25, -0.2) is 4.98 Å². The van der Waals surface area contributed by atoms with E-state index in [-0.39, 0.29) is 0 Å². The monoisotopic (exact) mass is 766 g/mol. The molecule has 0 aliphatic heterocycles. The summed E-state index contributed by atoms with van der Waals surface area (Å²) in [4.78, 5) is 7.35. The topological polar surface area (TPSA) is 29.3 Å². The summed E-state index contributed by atoms with van der Waals surface area (Å²) in [5.74, 6) is 0.619. The van der Waals surface area contributed by atoms with Crippen LogP contribution in [0.3, 0.4) is 0 Å². The maximum Gasteiger partial charge on any atom is 0.227 e. The van der Waals surface area contributed by atoms with E-state index >= 15 is 0 Å². The van der Waals surface area contributed by atoms with Crippen molar-refractivity contribution in [2.45, 2.75) is 0 Å². The molecular weight excluding hydrogens is 729 g/mol. The van der Waals surface area contributed by atoms with Crippen molar-refractivity contribution in [1.29, 1.82) is 0 Å². The molecule has 0 atom stereocenters. The highest BCUT2D eigenvalue weighted by atomic mass is 16.3. The van der Waals surface area contributed by atoms with Crippen LogP contribution >= 0.6 is 0 Å². The molecular formula is C57H38N2O. The zero-order valence-electron chi connectivity index (χ0n) is 32.7. The van der Waals surface area contributed by atoms with E-state index in [1.165, 1.54) is 22.1 Å². The molecule has 0 aliphatic carbocycles. The molecule has 0 unspecified atom stereocenters. The Hall–Kier alpha value is -8.01. The summed E-state index contributed by atoms with van der Waals surface area (Å²) in [6.07, 6.45) is 0. The van der Waals surface area contributed by atoms with Crippen molar-refractivity contribution in [3.8, 4) is 56.0 Å². The second-order valence-electron chi connectivity index (χ2n) is 15.2. The highest BCUT2D eigenvalue weighted by Gasteiger charge is 2.19. The van der Waals surface area contributed by atoms with Gasteiger partial charge in [-0.15, -0.1) is 0 Å². The number of hydrogen-bond donors (Lipinski definition) is 0. The first-order valence-electron chi connectivity index (χ1n) is 20.4. The van der Waals surface area contributed by atoms with Crippen LogP contribution in [0.15, 0.2) is 235 Å². The second kappa shape index (κ2) is 15.1. The SMILES string of the molecule is c1ccc(-c2ccc(N(c3ccccc3)c3ccc(-c4ccccc4)c(-c4cccc(-c5cccc6ccc7nc(-c8ccc9ccccc9c8)oc7c56)c4)c3)cc2)cc1. The molecule has 11 aromatic rings. The molecule has 3 nitrogen and oxygen atoms in total. The highest BCUT2D eigenvalue weighted by Crippen LogP contribution is 2.43. The highest BCUT2D eigenvalue weighted by molar-refractivity contribution is 6.11. The Labute approximate surface area is 349 Å². The molecule has 0 bridgehead atoms. The lowest BCUT2D eigenvalue weighted by Gasteiger charge is -2.27. The van der Waals surface area contributed by atoms with Crippen LogP contribution in [0.2, 0.25) is 0 Å². The van der Waals surface area contributed by atoms with Gasteiger partial charge in [0.1, 0.15) is 5.52 Å². The summed E-state index contributed by atoms with van der Waals surface area (Å²) in [5, 5.41) is 4.51. The van der Waals surface area contributed by atoms with Gasteiger partial charge in [-0.3, -0.25) is 0 Å². The van der Waals surface area contributed by atoms with Crippen molar-refractivity contribution in [2.75, 3.05) is 4.90 Å². The van der Waals surface area contributed by atoms with Gasteiger partial charge >= 0.3 is 0 Å². The van der Waals surface area contributed by atoms with Crippen molar-refractivity contribution in [1.82, 2.24) is 4.98 Å². The van der Waals surface area contributed by atoms with E-state index in [9.17, 15) is 0 Å². The Bertz CT molecular complexity index is 3300. The molecule has 60 heavy (non-hydrogen) atoms. The summed E-state index contributed by atoms with van der Waals surface area (Å²) in [6, 6.07) is 81.9. The lowest BCUT2D eigenvalue weighted by atomic mass is 9.90. The molecule has 0 aliphatic rings. The second-order valence-corrected chi connectivity index (χ2v) is 15.2. The van der Waals surface area contributed by atoms with E-state index in [0.29, 0.717) is 5.89 Å². The molecule has 0 N–H and O–H groups in total. The fraction of sp³-hybridized carbons (Fsp3) is 0. The Kier molecular flexibility index (Phi) is 8.83. The zero-order chi connectivity index (χ0) is 39.8. The summed E-state index contributed by atoms with van der Waals surface area (Å²) in [7, 11) is 0. The van der Waals surface area contributed by atoms with Gasteiger partial charge in [0.05, 0.1) is 0 Å². The fourth-order valence-corrected chi connectivity index (χ4v) is 8.53. The number of anilines is 3. The first kappa shape index (κ1) is 35.2. The average molecular weight is 767 g/mol. The van der Waals surface area contributed by atoms with E-state index in [1.54, 1.807) is 0 Å². The third-order valence-electron chi connectivity index (χ3n) is 11.5. The van der Waals surface area contributed by atoms with Crippen molar-refractivity contribution in [2.24, 2.45) is 0 Å². The number of rotatable bonds is 8. The van der Waals surface area contributed by atoms with Gasteiger partial charge in [0.15, 0.2) is 5.58 Å². The van der Waals surface area contributed by atoms with Crippen LogP contribution in [0.5, 0.6) is 0 Å². The normalized spacial score (nSPS) is 11.3. The maximum atomic E-state index is 6.71. The Morgan fingerprint density at radius 1 is 0.317 bits per heavy atom. The van der Waals surface area contributed by atoms with Gasteiger partial charge in [-0.1, -0.05) is 170 Å². The Balaban J connectivity index is 1.05. The smallest absolute Gasteiger partial charge is 0.227 e. The number of oxazole rings is 1. The first-order valence-corrected chi connectivity index (χ1v) is 20.4. The van der Waals surface area contributed by atoms with Crippen molar-refractivity contribution in [3.05, 3.63) is 231 Å². The van der Waals surface area contributed by atoms with Gasteiger partial charge < -0.3 is 9.32 Å². The number of fused-ring (bicyclic) bond motifs is 4. The minimum atomic E-state index is 0.619. The standard InChI is InChI=1S/C57H38N2O/c1-4-14-39(15-5-1)41-28-31-49(32-29-41)59(48-23-8-3-9-24-48)50-33-34-51(42-17-6-2-7-18-42)53(38-50)46-22-12-21-45(37-46)52-25-13-20-43-30-35-54-56(55(43)52)60-57(58-54)47-27-26-40-16-10-11-19-44(40)36-47/h1-38H. The molecule has 0 radical (unpaired) electrons. The maximum absolute atomic E-state index is 6.71. The minimum Gasteiger partial charge on any atom is -0.435 e. The van der Waals surface area contributed by atoms with Crippen molar-refractivity contribution < 1.29 is 4.42 Å². The van der Waals surface area contributed by atoms with Crippen LogP contribution in [0.25, 0.3) is 88.6 Å². The van der Waals surface area contributed by atoms with Gasteiger partial charge in [0, 0.05) is 28.0 Å². The molecule has 1 aromatic heterocycles. The number of nitrogens with zero attached hydrogens (tertiary/aromatic N) is 2. The van der Waals surface area contributed by atoms with Crippen molar-refractivity contribution in [3.63, 3.8) is 0 Å². The molecule has 10 aromatic carbocycles. The summed E-state index contributed by atoms with van der Waals surface area (Å²) in [6.45, 7) is 0. The molecule has 282 valence electrons. The predicted molar refractivity (Wildman–Crippen MR) is 251 cm³/mol. The van der Waals surface area contributed by atoms with Crippen LogP contribution in [0, 0.1) is 0 Å². The van der Waals surface area contributed by atoms with E-state index in [1.807, 2.05) is 0 Å². The molecule has 11 rings (SSSR count). The van der Waals surface area contributed by atoms with Crippen LogP contribution in [0.1, 0.15) is 0 Å². The number of para-hydroxylation sites is 1. The Morgan fingerprint density at radius 2 is 0.883 bits per heavy atom. The Morgan fingerprint density at radius 3 is 1.67 bits per heavy atom. The van der Waals surface area contributed by atoms with E-state index in [0.717, 1.165) is 77.7 Å². The fourth-order valence-electron chi connectivity index (χ4n) is 8.53. The van der Waals surface area contributed by atoms with Crippen LogP contribution in [-0.4, -0.2) is 4.98 Å². The summed E-state index contributed by atoms with van der Waals surface area (Å²) < 4.78 is 6.71. The number of benzene rings is 10. The number of aromatic nitrogens is 1. The molecule has 0 saturated heterocycles. The van der Waals surface area contributed by atoms with Crippen LogP contribution in [0.4, 0.5) is 17.1 Å². The molecule has 3 heteroatoms. The van der Waals surface area contributed by atoms with Crippen LogP contribution < -0.4 is 4.90 Å². The molecule has 0 fully saturated rings. The third-order valence-corrected chi connectivity index (χ3v) is 11.5. The lowest BCUT2D eigenvalue weighted by Crippen LogP contribution is -2.10. The summed E-state index contributed by atoms with van der Waals surface area (Å²) in [5.41, 5.74) is 15.0. The van der Waals surface area contributed by atoms with Gasteiger partial charge in [0.25, 0.3) is 0 Å². The van der Waals surface area contributed by atoms with E-state index < -0.39 is 0 Å².